The topological polar surface area (TPSA) is 33.2 Å². The van der Waals surface area contributed by atoms with Crippen LogP contribution in [0.5, 0.6) is 0 Å². The average molecular weight is 268 g/mol. The Labute approximate surface area is 107 Å². The van der Waals surface area contributed by atoms with Crippen LogP contribution in [0.1, 0.15) is 16.1 Å². The van der Waals surface area contributed by atoms with E-state index in [1.54, 1.807) is 14.1 Å². The molecule has 6 heteroatoms. The predicted octanol–water partition coefficient (Wildman–Crippen LogP) is 2.96. The van der Waals surface area contributed by atoms with Gasteiger partial charge < -0.3 is 4.90 Å². The summed E-state index contributed by atoms with van der Waals surface area (Å²) in [5, 5.41) is 0.352. The SMILES string of the molecule is CN(C)C(=O)c1ccc2cc(C(F)(F)F)ccc2n1. The summed E-state index contributed by atoms with van der Waals surface area (Å²) in [7, 11) is 3.17. The van der Waals surface area contributed by atoms with E-state index in [0.29, 0.717) is 10.9 Å². The quantitative estimate of drug-likeness (QED) is 0.796. The Kier molecular flexibility index (Phi) is 3.18. The molecule has 19 heavy (non-hydrogen) atoms. The molecule has 0 aliphatic rings. The van der Waals surface area contributed by atoms with Crippen molar-refractivity contribution in [3.63, 3.8) is 0 Å². The second-order valence-corrected chi connectivity index (χ2v) is 4.30. The van der Waals surface area contributed by atoms with Crippen molar-refractivity contribution in [3.8, 4) is 0 Å². The molecule has 100 valence electrons. The van der Waals surface area contributed by atoms with E-state index in [1.807, 2.05) is 0 Å². The summed E-state index contributed by atoms with van der Waals surface area (Å²) in [6, 6.07) is 6.13. The molecule has 0 atom stereocenters. The van der Waals surface area contributed by atoms with Crippen LogP contribution in [0.2, 0.25) is 0 Å². The van der Waals surface area contributed by atoms with E-state index in [9.17, 15) is 18.0 Å². The second-order valence-electron chi connectivity index (χ2n) is 4.30. The molecule has 0 unspecified atom stereocenters. The number of carbonyl (C=O) groups excluding carboxylic acids is 1. The first kappa shape index (κ1) is 13.3. The molecule has 1 heterocycles. The van der Waals surface area contributed by atoms with Crippen molar-refractivity contribution in [1.82, 2.24) is 9.88 Å². The van der Waals surface area contributed by atoms with Crippen molar-refractivity contribution in [2.45, 2.75) is 6.18 Å². The first-order chi connectivity index (χ1) is 8.79. The zero-order valence-corrected chi connectivity index (χ0v) is 10.3. The fourth-order valence-corrected chi connectivity index (χ4v) is 1.65. The molecule has 0 bridgehead atoms. The van der Waals surface area contributed by atoms with Gasteiger partial charge in [0.15, 0.2) is 0 Å². The van der Waals surface area contributed by atoms with Crippen molar-refractivity contribution in [1.29, 1.82) is 0 Å². The third-order valence-electron chi connectivity index (χ3n) is 2.64. The van der Waals surface area contributed by atoms with Crippen LogP contribution in [0.25, 0.3) is 10.9 Å². The third-order valence-corrected chi connectivity index (χ3v) is 2.64. The number of halogens is 3. The summed E-state index contributed by atoms with van der Waals surface area (Å²) >= 11 is 0. The second kappa shape index (κ2) is 4.53. The van der Waals surface area contributed by atoms with E-state index in [-0.39, 0.29) is 11.6 Å². The lowest BCUT2D eigenvalue weighted by molar-refractivity contribution is -0.137. The highest BCUT2D eigenvalue weighted by Crippen LogP contribution is 2.31. The molecule has 1 amide bonds. The largest absolute Gasteiger partial charge is 0.416 e. The van der Waals surface area contributed by atoms with Gasteiger partial charge in [-0.3, -0.25) is 4.79 Å². The number of hydrogen-bond donors (Lipinski definition) is 0. The summed E-state index contributed by atoms with van der Waals surface area (Å²) < 4.78 is 37.6. The van der Waals surface area contributed by atoms with Gasteiger partial charge in [-0.1, -0.05) is 6.07 Å². The number of rotatable bonds is 1. The lowest BCUT2D eigenvalue weighted by Gasteiger charge is -2.11. The Balaban J connectivity index is 2.49. The van der Waals surface area contributed by atoms with Gasteiger partial charge in [-0.05, 0) is 24.3 Å². The van der Waals surface area contributed by atoms with Gasteiger partial charge in [0.05, 0.1) is 11.1 Å². The zero-order chi connectivity index (χ0) is 14.2. The van der Waals surface area contributed by atoms with Gasteiger partial charge in [-0.15, -0.1) is 0 Å². The van der Waals surface area contributed by atoms with Gasteiger partial charge >= 0.3 is 6.18 Å². The minimum atomic E-state index is -4.38. The Morgan fingerprint density at radius 3 is 2.42 bits per heavy atom. The Morgan fingerprint density at radius 1 is 1.16 bits per heavy atom. The molecule has 0 saturated carbocycles. The first-order valence-electron chi connectivity index (χ1n) is 5.49. The van der Waals surface area contributed by atoms with E-state index in [0.717, 1.165) is 12.1 Å². The van der Waals surface area contributed by atoms with Crippen LogP contribution < -0.4 is 0 Å². The molecule has 0 spiro atoms. The molecule has 2 rings (SSSR count). The van der Waals surface area contributed by atoms with Crippen LogP contribution in [0, 0.1) is 0 Å². The molecule has 1 aromatic heterocycles. The normalized spacial score (nSPS) is 11.6. The molecular formula is C13H11F3N2O. The van der Waals surface area contributed by atoms with Crippen LogP contribution in [0.3, 0.4) is 0 Å². The molecule has 2 aromatic rings. The molecule has 0 saturated heterocycles. The fourth-order valence-electron chi connectivity index (χ4n) is 1.65. The third kappa shape index (κ3) is 2.67. The van der Waals surface area contributed by atoms with Crippen LogP contribution in [-0.4, -0.2) is 29.9 Å². The van der Waals surface area contributed by atoms with E-state index in [4.69, 9.17) is 0 Å². The van der Waals surface area contributed by atoms with Gasteiger partial charge in [-0.2, -0.15) is 13.2 Å². The molecule has 0 aliphatic heterocycles. The summed E-state index contributed by atoms with van der Waals surface area (Å²) in [5.41, 5.74) is -0.161. The van der Waals surface area contributed by atoms with Gasteiger partial charge in [-0.25, -0.2) is 4.98 Å². The number of benzene rings is 1. The number of hydrogen-bond acceptors (Lipinski definition) is 2. The minimum absolute atomic E-state index is 0.206. The van der Waals surface area contributed by atoms with Gasteiger partial charge in [0.2, 0.25) is 0 Å². The Morgan fingerprint density at radius 2 is 1.84 bits per heavy atom. The predicted molar refractivity (Wildman–Crippen MR) is 64.8 cm³/mol. The summed E-state index contributed by atoms with van der Waals surface area (Å²) in [4.78, 5) is 17.1. The van der Waals surface area contributed by atoms with Crippen molar-refractivity contribution in [3.05, 3.63) is 41.6 Å². The number of fused-ring (bicyclic) bond motifs is 1. The number of alkyl halides is 3. The average Bonchev–Trinajstić information content (AvgIpc) is 2.35. The van der Waals surface area contributed by atoms with Crippen molar-refractivity contribution < 1.29 is 18.0 Å². The van der Waals surface area contributed by atoms with Crippen molar-refractivity contribution in [2.75, 3.05) is 14.1 Å². The monoisotopic (exact) mass is 268 g/mol. The minimum Gasteiger partial charge on any atom is -0.343 e. The summed E-state index contributed by atoms with van der Waals surface area (Å²) in [5.74, 6) is -0.290. The number of carbonyl (C=O) groups is 1. The van der Waals surface area contributed by atoms with Crippen molar-refractivity contribution >= 4 is 16.8 Å². The molecular weight excluding hydrogens is 257 g/mol. The van der Waals surface area contributed by atoms with Crippen LogP contribution in [0.4, 0.5) is 13.2 Å². The maximum atomic E-state index is 12.5. The standard InChI is InChI=1S/C13H11F3N2O/c1-18(2)12(19)11-5-3-8-7-9(13(14,15)16)4-6-10(8)17-11/h3-7H,1-2H3. The molecule has 0 radical (unpaired) electrons. The van der Waals surface area contributed by atoms with Crippen LogP contribution in [-0.2, 0) is 6.18 Å². The highest BCUT2D eigenvalue weighted by molar-refractivity contribution is 5.94. The lowest BCUT2D eigenvalue weighted by atomic mass is 10.1. The smallest absolute Gasteiger partial charge is 0.343 e. The Bertz CT molecular complexity index is 635. The Hall–Kier alpha value is -2.11. The van der Waals surface area contributed by atoms with E-state index < -0.39 is 11.7 Å². The van der Waals surface area contributed by atoms with Gasteiger partial charge in [0.25, 0.3) is 5.91 Å². The lowest BCUT2D eigenvalue weighted by Crippen LogP contribution is -2.22. The number of nitrogens with zero attached hydrogens (tertiary/aromatic N) is 2. The molecule has 0 aliphatic carbocycles. The maximum Gasteiger partial charge on any atom is 0.416 e. The number of amides is 1. The fraction of sp³-hybridized carbons (Fsp3) is 0.231. The molecule has 3 nitrogen and oxygen atoms in total. The summed E-state index contributed by atoms with van der Waals surface area (Å²) in [6.07, 6.45) is -4.38. The first-order valence-corrected chi connectivity index (χ1v) is 5.49. The van der Waals surface area contributed by atoms with Gasteiger partial charge in [0, 0.05) is 19.5 Å². The summed E-state index contributed by atoms with van der Waals surface area (Å²) in [6.45, 7) is 0. The molecule has 0 fully saturated rings. The molecule has 0 N–H and O–H groups in total. The van der Waals surface area contributed by atoms with Crippen LogP contribution in [0.15, 0.2) is 30.3 Å². The maximum absolute atomic E-state index is 12.5. The van der Waals surface area contributed by atoms with Crippen LogP contribution >= 0.6 is 0 Å². The van der Waals surface area contributed by atoms with Crippen molar-refractivity contribution in [2.24, 2.45) is 0 Å². The number of aromatic nitrogens is 1. The zero-order valence-electron chi connectivity index (χ0n) is 10.3. The highest BCUT2D eigenvalue weighted by Gasteiger charge is 2.30. The number of pyridine rings is 1. The van der Waals surface area contributed by atoms with Gasteiger partial charge in [0.1, 0.15) is 5.69 Å². The highest BCUT2D eigenvalue weighted by atomic mass is 19.4. The van der Waals surface area contributed by atoms with E-state index >= 15 is 0 Å². The molecule has 1 aromatic carbocycles. The van der Waals surface area contributed by atoms with E-state index in [2.05, 4.69) is 4.98 Å². The van der Waals surface area contributed by atoms with E-state index in [1.165, 1.54) is 23.1 Å².